The molecule has 1 aromatic heterocycles. The van der Waals surface area contributed by atoms with Crippen LogP contribution in [0.1, 0.15) is 64.9 Å². The molecule has 0 spiro atoms. The summed E-state index contributed by atoms with van der Waals surface area (Å²) in [6.07, 6.45) is 10.6. The summed E-state index contributed by atoms with van der Waals surface area (Å²) in [5.41, 5.74) is 0.0479. The summed E-state index contributed by atoms with van der Waals surface area (Å²) in [6.45, 7) is 10.2. The first kappa shape index (κ1) is 26.9. The van der Waals surface area contributed by atoms with Gasteiger partial charge in [0.05, 0.1) is 12.1 Å². The molecule has 7 heteroatoms. The van der Waals surface area contributed by atoms with Crippen LogP contribution in [0, 0.1) is 5.41 Å². The van der Waals surface area contributed by atoms with E-state index in [0.29, 0.717) is 19.4 Å². The second-order valence-electron chi connectivity index (χ2n) is 8.78. The van der Waals surface area contributed by atoms with Crippen LogP contribution in [-0.4, -0.2) is 36.5 Å². The molecular weight excluding hydrogens is 414 g/mol. The number of halogens is 1. The quantitative estimate of drug-likeness (QED) is 0.347. The summed E-state index contributed by atoms with van der Waals surface area (Å²) < 4.78 is 1.69. The second kappa shape index (κ2) is 13.3. The monoisotopic (exact) mass is 449 g/mol. The van der Waals surface area contributed by atoms with Crippen molar-refractivity contribution in [1.82, 2.24) is 14.8 Å². The summed E-state index contributed by atoms with van der Waals surface area (Å²) in [6, 6.07) is 7.76. The second-order valence-corrected chi connectivity index (χ2v) is 9.22. The molecule has 0 radical (unpaired) electrons. The Kier molecular flexibility index (Phi) is 11.5. The number of allylic oxidation sites excluding steroid dienone is 1. The summed E-state index contributed by atoms with van der Waals surface area (Å²) in [5, 5.41) is 24.2. The van der Waals surface area contributed by atoms with Crippen LogP contribution in [0.5, 0.6) is 0 Å². The highest BCUT2D eigenvalue weighted by atomic mass is 35.5. The Labute approximate surface area is 191 Å². The van der Waals surface area contributed by atoms with Crippen molar-refractivity contribution in [1.29, 1.82) is 0 Å². The summed E-state index contributed by atoms with van der Waals surface area (Å²) in [7, 11) is 0. The molecule has 6 nitrogen and oxygen atoms in total. The first-order valence-electron chi connectivity index (χ1n) is 10.7. The normalized spacial score (nSPS) is 13.1. The van der Waals surface area contributed by atoms with E-state index in [2.05, 4.69) is 16.7 Å². The van der Waals surface area contributed by atoms with Gasteiger partial charge in [0, 0.05) is 11.4 Å². The fourth-order valence-electron chi connectivity index (χ4n) is 3.02. The largest absolute Gasteiger partial charge is 0.481 e. The molecule has 2 aromatic rings. The molecule has 0 saturated heterocycles. The predicted octanol–water partition coefficient (Wildman–Crippen LogP) is 5.55. The van der Waals surface area contributed by atoms with Gasteiger partial charge in [0.15, 0.2) is 0 Å². The van der Waals surface area contributed by atoms with E-state index in [1.807, 2.05) is 51.1 Å². The van der Waals surface area contributed by atoms with E-state index in [0.717, 1.165) is 37.1 Å². The fraction of sp³-hybridized carbons (Fsp3) is 0.542. The van der Waals surface area contributed by atoms with Gasteiger partial charge in [-0.2, -0.15) is 5.10 Å². The van der Waals surface area contributed by atoms with E-state index < -0.39 is 11.6 Å². The van der Waals surface area contributed by atoms with Gasteiger partial charge < -0.3 is 10.2 Å². The topological polar surface area (TPSA) is 88.2 Å². The maximum Gasteiger partial charge on any atom is 0.303 e. The van der Waals surface area contributed by atoms with Gasteiger partial charge in [0.1, 0.15) is 12.7 Å². The number of hydrogen-bond acceptors (Lipinski definition) is 4. The van der Waals surface area contributed by atoms with Gasteiger partial charge in [0.25, 0.3) is 0 Å². The molecule has 0 aliphatic carbocycles. The highest BCUT2D eigenvalue weighted by Gasteiger charge is 2.40. The van der Waals surface area contributed by atoms with Crippen molar-refractivity contribution >= 4 is 17.6 Å². The number of hydrogen-bond donors (Lipinski definition) is 2. The Balaban J connectivity index is 0.000000407. The smallest absolute Gasteiger partial charge is 0.303 e. The minimum Gasteiger partial charge on any atom is -0.481 e. The Bertz CT molecular complexity index is 770. The lowest BCUT2D eigenvalue weighted by molar-refractivity contribution is -0.137. The number of benzene rings is 1. The number of unbranched alkanes of at least 4 members (excludes halogenated alkanes) is 3. The van der Waals surface area contributed by atoms with Crippen LogP contribution < -0.4 is 0 Å². The van der Waals surface area contributed by atoms with E-state index in [9.17, 15) is 9.90 Å². The van der Waals surface area contributed by atoms with Crippen LogP contribution in [0.3, 0.4) is 0 Å². The number of carbonyl (C=O) groups is 1. The van der Waals surface area contributed by atoms with Gasteiger partial charge in [-0.3, -0.25) is 9.48 Å². The number of aryl methyl sites for hydroxylation is 1. The number of aromatic nitrogens is 3. The van der Waals surface area contributed by atoms with Crippen molar-refractivity contribution in [3.63, 3.8) is 0 Å². The van der Waals surface area contributed by atoms with Gasteiger partial charge in [-0.05, 0) is 55.2 Å². The van der Waals surface area contributed by atoms with Gasteiger partial charge in [0.2, 0.25) is 0 Å². The highest BCUT2D eigenvalue weighted by Crippen LogP contribution is 2.35. The molecule has 1 unspecified atom stereocenters. The average Bonchev–Trinajstić information content (AvgIpc) is 3.20. The third kappa shape index (κ3) is 10.6. The van der Waals surface area contributed by atoms with E-state index in [-0.39, 0.29) is 5.41 Å². The Hall–Kier alpha value is -2.18. The third-order valence-corrected chi connectivity index (χ3v) is 5.58. The number of aliphatic hydroxyl groups is 1. The molecule has 1 aromatic carbocycles. The maximum absolute atomic E-state index is 11.1. The predicted molar refractivity (Wildman–Crippen MR) is 125 cm³/mol. The fourth-order valence-corrected chi connectivity index (χ4v) is 3.14. The van der Waals surface area contributed by atoms with Crippen LogP contribution in [0.2, 0.25) is 5.02 Å². The molecule has 2 rings (SSSR count). The number of rotatable bonds is 11. The van der Waals surface area contributed by atoms with E-state index >= 15 is 0 Å². The van der Waals surface area contributed by atoms with E-state index in [1.54, 1.807) is 11.0 Å². The van der Waals surface area contributed by atoms with Gasteiger partial charge >= 0.3 is 5.97 Å². The molecule has 0 fully saturated rings. The summed E-state index contributed by atoms with van der Waals surface area (Å²) >= 11 is 5.90. The highest BCUT2D eigenvalue weighted by molar-refractivity contribution is 6.30. The minimum atomic E-state index is -0.861. The lowest BCUT2D eigenvalue weighted by atomic mass is 9.73. The lowest BCUT2D eigenvalue weighted by Crippen LogP contribution is -2.47. The first-order chi connectivity index (χ1) is 14.6. The molecule has 2 N–H and O–H groups in total. The number of nitrogens with zero attached hydrogens (tertiary/aromatic N) is 3. The minimum absolute atomic E-state index is 0.259. The Morgan fingerprint density at radius 3 is 2.39 bits per heavy atom. The molecule has 0 saturated carbocycles. The zero-order valence-corrected chi connectivity index (χ0v) is 19.7. The molecule has 1 heterocycles. The molecular formula is C24H36ClN3O3. The van der Waals surface area contributed by atoms with Crippen LogP contribution in [0.25, 0.3) is 0 Å². The molecule has 1 atom stereocenters. The molecule has 0 amide bonds. The zero-order valence-electron chi connectivity index (χ0n) is 18.9. The molecule has 0 aliphatic rings. The zero-order chi connectivity index (χ0) is 23.3. The van der Waals surface area contributed by atoms with Gasteiger partial charge in [-0.1, -0.05) is 57.0 Å². The SMILES string of the molecule is C=CCCCCCC(=O)O.CC(C)(C)C(O)(CCc1ccc(Cl)cc1)Cn1cncn1. The van der Waals surface area contributed by atoms with Crippen molar-refractivity contribution < 1.29 is 15.0 Å². The van der Waals surface area contributed by atoms with Crippen LogP contribution in [0.15, 0.2) is 49.6 Å². The molecule has 0 aliphatic heterocycles. The van der Waals surface area contributed by atoms with Crippen LogP contribution in [0.4, 0.5) is 0 Å². The number of carboxylic acids is 1. The van der Waals surface area contributed by atoms with Crippen molar-refractivity contribution in [2.24, 2.45) is 5.41 Å². The van der Waals surface area contributed by atoms with Crippen molar-refractivity contribution in [3.05, 3.63) is 60.2 Å². The van der Waals surface area contributed by atoms with Crippen LogP contribution >= 0.6 is 11.6 Å². The van der Waals surface area contributed by atoms with E-state index in [4.69, 9.17) is 16.7 Å². The standard InChI is InChI=1S/C16H22ClN3O.C8H14O2/c1-15(2,3)16(21,10-20-12-18-11-19-20)9-8-13-4-6-14(17)7-5-13;1-2-3-4-5-6-7-8(9)10/h4-7,11-12,21H,8-10H2,1-3H3;2H,1,3-7H2,(H,9,10). The van der Waals surface area contributed by atoms with Crippen molar-refractivity contribution in [3.8, 4) is 0 Å². The number of aliphatic carboxylic acids is 1. The summed E-state index contributed by atoms with van der Waals surface area (Å²) in [4.78, 5) is 14.0. The first-order valence-corrected chi connectivity index (χ1v) is 11.1. The van der Waals surface area contributed by atoms with Crippen LogP contribution in [-0.2, 0) is 17.8 Å². The number of carboxylic acid groups (broad SMARTS) is 1. The molecule has 0 bridgehead atoms. The molecule has 31 heavy (non-hydrogen) atoms. The van der Waals surface area contributed by atoms with Gasteiger partial charge in [-0.25, -0.2) is 4.98 Å². The third-order valence-electron chi connectivity index (χ3n) is 5.33. The van der Waals surface area contributed by atoms with E-state index in [1.165, 1.54) is 11.9 Å². The maximum atomic E-state index is 11.1. The lowest BCUT2D eigenvalue weighted by Gasteiger charge is -2.40. The van der Waals surface area contributed by atoms with Crippen molar-refractivity contribution in [2.45, 2.75) is 77.9 Å². The average molecular weight is 450 g/mol. The summed E-state index contributed by atoms with van der Waals surface area (Å²) in [5.74, 6) is -0.696. The molecule has 172 valence electrons. The Morgan fingerprint density at radius 2 is 1.87 bits per heavy atom. The Morgan fingerprint density at radius 1 is 1.19 bits per heavy atom. The van der Waals surface area contributed by atoms with Crippen molar-refractivity contribution in [2.75, 3.05) is 0 Å². The van der Waals surface area contributed by atoms with Gasteiger partial charge in [-0.15, -0.1) is 6.58 Å².